The number of carbonyl (C=O) groups excluding carboxylic acids is 2. The normalized spacial score (nSPS) is 11.2. The largest absolute Gasteiger partial charge is 0.451 e. The number of benzene rings is 2. The number of para-hydroxylation sites is 1. The number of nitrogens with zero attached hydrogens (tertiary/aromatic N) is 1. The third kappa shape index (κ3) is 5.17. The minimum atomic E-state index is -4.71. The van der Waals surface area contributed by atoms with Crippen LogP contribution in [0.5, 0.6) is 0 Å². The van der Waals surface area contributed by atoms with Gasteiger partial charge in [0.05, 0.1) is 16.3 Å². The van der Waals surface area contributed by atoms with Crippen molar-refractivity contribution in [3.63, 3.8) is 0 Å². The van der Waals surface area contributed by atoms with E-state index < -0.39 is 35.9 Å². The molecular formula is C20H14ClF3N2O3S. The predicted molar refractivity (Wildman–Crippen MR) is 108 cm³/mol. The van der Waals surface area contributed by atoms with Crippen LogP contribution in [0, 0.1) is 6.92 Å². The Morgan fingerprint density at radius 2 is 1.87 bits per heavy atom. The molecule has 156 valence electrons. The fourth-order valence-corrected chi connectivity index (χ4v) is 3.48. The average molecular weight is 455 g/mol. The first-order chi connectivity index (χ1) is 14.1. The number of anilines is 1. The first-order valence-corrected chi connectivity index (χ1v) is 9.76. The average Bonchev–Trinajstić information content (AvgIpc) is 3.17. The highest BCUT2D eigenvalue weighted by Gasteiger charge is 2.34. The maximum Gasteiger partial charge on any atom is 0.418 e. The van der Waals surface area contributed by atoms with Gasteiger partial charge in [-0.25, -0.2) is 9.78 Å². The van der Waals surface area contributed by atoms with Gasteiger partial charge in [0.25, 0.3) is 5.91 Å². The Balaban J connectivity index is 1.63. The lowest BCUT2D eigenvalue weighted by Crippen LogP contribution is -2.23. The molecule has 0 bridgehead atoms. The Kier molecular flexibility index (Phi) is 6.42. The molecule has 0 aliphatic rings. The Bertz CT molecular complexity index is 1080. The molecule has 3 rings (SSSR count). The molecule has 10 heteroatoms. The standard InChI is InChI=1S/C20H14ClF3N2O3S/c1-11-5-7-12(8-6-11)18-25-15(10-30-18)19(28)29-9-16(27)26-17-13(20(22,23)24)3-2-4-14(17)21/h2-8,10H,9H2,1H3,(H,26,27). The van der Waals surface area contributed by atoms with Crippen LogP contribution < -0.4 is 5.32 Å². The molecule has 0 aliphatic carbocycles. The molecule has 0 saturated carbocycles. The van der Waals surface area contributed by atoms with E-state index in [-0.39, 0.29) is 10.7 Å². The zero-order valence-electron chi connectivity index (χ0n) is 15.4. The van der Waals surface area contributed by atoms with Crippen molar-refractivity contribution in [1.29, 1.82) is 0 Å². The highest BCUT2D eigenvalue weighted by Crippen LogP contribution is 2.38. The fraction of sp³-hybridized carbons (Fsp3) is 0.150. The minimum Gasteiger partial charge on any atom is -0.451 e. The first kappa shape index (κ1) is 21.8. The third-order valence-electron chi connectivity index (χ3n) is 3.93. The van der Waals surface area contributed by atoms with Gasteiger partial charge in [-0.05, 0) is 19.1 Å². The van der Waals surface area contributed by atoms with Crippen molar-refractivity contribution in [2.45, 2.75) is 13.1 Å². The lowest BCUT2D eigenvalue weighted by Gasteiger charge is -2.15. The number of amides is 1. The highest BCUT2D eigenvalue weighted by molar-refractivity contribution is 7.13. The number of halogens is 4. The monoisotopic (exact) mass is 454 g/mol. The van der Waals surface area contributed by atoms with Gasteiger partial charge in [0.1, 0.15) is 5.01 Å². The Morgan fingerprint density at radius 1 is 1.17 bits per heavy atom. The van der Waals surface area contributed by atoms with E-state index in [4.69, 9.17) is 16.3 Å². The van der Waals surface area contributed by atoms with Gasteiger partial charge in [-0.15, -0.1) is 11.3 Å². The van der Waals surface area contributed by atoms with Gasteiger partial charge >= 0.3 is 12.1 Å². The first-order valence-electron chi connectivity index (χ1n) is 8.50. The summed E-state index contributed by atoms with van der Waals surface area (Å²) < 4.78 is 44.1. The molecule has 0 unspecified atom stereocenters. The van der Waals surface area contributed by atoms with E-state index in [1.807, 2.05) is 36.5 Å². The Hall–Kier alpha value is -2.91. The summed E-state index contributed by atoms with van der Waals surface area (Å²) in [7, 11) is 0. The van der Waals surface area contributed by atoms with Gasteiger partial charge in [0.15, 0.2) is 12.3 Å². The van der Waals surface area contributed by atoms with E-state index in [2.05, 4.69) is 4.98 Å². The second kappa shape index (κ2) is 8.85. The molecule has 3 aromatic rings. The quantitative estimate of drug-likeness (QED) is 0.510. The molecule has 2 aromatic carbocycles. The summed E-state index contributed by atoms with van der Waals surface area (Å²) in [5, 5.41) is 3.83. The number of carbonyl (C=O) groups is 2. The number of esters is 1. The molecule has 1 heterocycles. The summed E-state index contributed by atoms with van der Waals surface area (Å²) in [6, 6.07) is 10.6. The van der Waals surface area contributed by atoms with Crippen molar-refractivity contribution in [3.05, 3.63) is 69.7 Å². The summed E-state index contributed by atoms with van der Waals surface area (Å²) in [4.78, 5) is 28.3. The van der Waals surface area contributed by atoms with E-state index >= 15 is 0 Å². The molecule has 0 aliphatic heterocycles. The number of aryl methyl sites for hydroxylation is 1. The topological polar surface area (TPSA) is 68.3 Å². The van der Waals surface area contributed by atoms with E-state index in [1.165, 1.54) is 22.8 Å². The molecule has 5 nitrogen and oxygen atoms in total. The number of alkyl halides is 3. The van der Waals surface area contributed by atoms with Gasteiger partial charge in [-0.3, -0.25) is 4.79 Å². The molecule has 0 spiro atoms. The van der Waals surface area contributed by atoms with Crippen molar-refractivity contribution < 1.29 is 27.5 Å². The van der Waals surface area contributed by atoms with Gasteiger partial charge in [-0.1, -0.05) is 47.5 Å². The van der Waals surface area contributed by atoms with Crippen LogP contribution >= 0.6 is 22.9 Å². The number of hydrogen-bond donors (Lipinski definition) is 1. The van der Waals surface area contributed by atoms with Gasteiger partial charge in [0, 0.05) is 10.9 Å². The molecule has 0 fully saturated rings. The fourth-order valence-electron chi connectivity index (χ4n) is 2.46. The number of hydrogen-bond acceptors (Lipinski definition) is 5. The molecule has 1 N–H and O–H groups in total. The lowest BCUT2D eigenvalue weighted by molar-refractivity contribution is -0.137. The van der Waals surface area contributed by atoms with Crippen LogP contribution in [0.25, 0.3) is 10.6 Å². The Labute approximate surface area is 178 Å². The minimum absolute atomic E-state index is 0.00269. The van der Waals surface area contributed by atoms with Crippen LogP contribution in [-0.2, 0) is 15.7 Å². The second-order valence-corrected chi connectivity index (χ2v) is 7.45. The Morgan fingerprint density at radius 3 is 2.53 bits per heavy atom. The SMILES string of the molecule is Cc1ccc(-c2nc(C(=O)OCC(=O)Nc3c(Cl)cccc3C(F)(F)F)cs2)cc1. The number of aromatic nitrogens is 1. The van der Waals surface area contributed by atoms with Crippen molar-refractivity contribution in [3.8, 4) is 10.6 Å². The van der Waals surface area contributed by atoms with Crippen molar-refractivity contribution in [2.24, 2.45) is 0 Å². The van der Waals surface area contributed by atoms with Crippen molar-refractivity contribution in [2.75, 3.05) is 11.9 Å². The molecular weight excluding hydrogens is 441 g/mol. The summed E-state index contributed by atoms with van der Waals surface area (Å²) in [5.41, 5.74) is 0.200. The molecule has 30 heavy (non-hydrogen) atoms. The van der Waals surface area contributed by atoms with Crippen LogP contribution in [0.15, 0.2) is 47.8 Å². The van der Waals surface area contributed by atoms with Gasteiger partial charge < -0.3 is 10.1 Å². The van der Waals surface area contributed by atoms with Crippen LogP contribution in [-0.4, -0.2) is 23.5 Å². The molecule has 0 saturated heterocycles. The second-order valence-electron chi connectivity index (χ2n) is 6.19. The van der Waals surface area contributed by atoms with Crippen LogP contribution in [0.1, 0.15) is 21.6 Å². The number of rotatable bonds is 5. The van der Waals surface area contributed by atoms with E-state index in [9.17, 15) is 22.8 Å². The van der Waals surface area contributed by atoms with E-state index in [0.29, 0.717) is 5.01 Å². The van der Waals surface area contributed by atoms with Crippen LogP contribution in [0.2, 0.25) is 5.02 Å². The number of thiazole rings is 1. The smallest absolute Gasteiger partial charge is 0.418 e. The maximum atomic E-state index is 13.1. The van der Waals surface area contributed by atoms with Crippen molar-refractivity contribution in [1.82, 2.24) is 4.98 Å². The summed E-state index contributed by atoms with van der Waals surface area (Å²) in [5.74, 6) is -1.83. The third-order valence-corrected chi connectivity index (χ3v) is 5.14. The summed E-state index contributed by atoms with van der Waals surface area (Å²) >= 11 is 7.00. The summed E-state index contributed by atoms with van der Waals surface area (Å²) in [6.45, 7) is 1.15. The van der Waals surface area contributed by atoms with Gasteiger partial charge in [-0.2, -0.15) is 13.2 Å². The number of nitrogens with one attached hydrogen (secondary N) is 1. The lowest BCUT2D eigenvalue weighted by atomic mass is 10.1. The van der Waals surface area contributed by atoms with Crippen LogP contribution in [0.3, 0.4) is 0 Å². The maximum absolute atomic E-state index is 13.1. The molecule has 0 atom stereocenters. The molecule has 0 radical (unpaired) electrons. The van der Waals surface area contributed by atoms with E-state index in [1.54, 1.807) is 0 Å². The zero-order chi connectivity index (χ0) is 21.9. The van der Waals surface area contributed by atoms with Gasteiger partial charge in [0.2, 0.25) is 0 Å². The molecule has 1 aromatic heterocycles. The highest BCUT2D eigenvalue weighted by atomic mass is 35.5. The van der Waals surface area contributed by atoms with E-state index in [0.717, 1.165) is 23.3 Å². The van der Waals surface area contributed by atoms with Crippen molar-refractivity contribution >= 4 is 40.5 Å². The molecule has 1 amide bonds. The van der Waals surface area contributed by atoms with Crippen LogP contribution in [0.4, 0.5) is 18.9 Å². The summed E-state index contributed by atoms with van der Waals surface area (Å²) in [6.07, 6.45) is -4.71. The predicted octanol–water partition coefficient (Wildman–Crippen LogP) is 5.59. The zero-order valence-corrected chi connectivity index (χ0v) is 17.0. The number of ether oxygens (including phenoxy) is 1.